The van der Waals surface area contributed by atoms with E-state index in [2.05, 4.69) is 120 Å². The van der Waals surface area contributed by atoms with E-state index in [1.54, 1.807) is 0 Å². The van der Waals surface area contributed by atoms with Crippen LogP contribution in [0.15, 0.2) is 179 Å². The molecule has 0 aliphatic rings. The van der Waals surface area contributed by atoms with Gasteiger partial charge in [-0.15, -0.1) is 0 Å². The molecular formula is C45H28N2O2. The van der Waals surface area contributed by atoms with Crippen molar-refractivity contribution in [2.75, 3.05) is 4.90 Å². The predicted octanol–water partition coefficient (Wildman–Crippen LogP) is 12.8. The topological polar surface area (TPSA) is 42.4 Å². The molecule has 0 N–H and O–H groups in total. The smallest absolute Gasteiger partial charge is 0.227 e. The van der Waals surface area contributed by atoms with E-state index in [0.29, 0.717) is 11.5 Å². The van der Waals surface area contributed by atoms with E-state index in [-0.39, 0.29) is 0 Å². The zero-order chi connectivity index (χ0) is 32.3. The van der Waals surface area contributed by atoms with E-state index in [0.717, 1.165) is 61.0 Å². The second-order valence-electron chi connectivity index (χ2n) is 12.4. The van der Waals surface area contributed by atoms with Gasteiger partial charge in [-0.3, -0.25) is 0 Å². The number of furan rings is 1. The molecule has 0 bridgehead atoms. The summed E-state index contributed by atoms with van der Waals surface area (Å²) in [5, 5.41) is 6.84. The van der Waals surface area contributed by atoms with Crippen LogP contribution >= 0.6 is 0 Å². The average molecular weight is 629 g/mol. The molecule has 49 heavy (non-hydrogen) atoms. The van der Waals surface area contributed by atoms with Gasteiger partial charge in [-0.1, -0.05) is 121 Å². The van der Waals surface area contributed by atoms with Gasteiger partial charge in [0.25, 0.3) is 0 Å². The van der Waals surface area contributed by atoms with Crippen LogP contribution in [0.2, 0.25) is 0 Å². The molecule has 0 aliphatic heterocycles. The van der Waals surface area contributed by atoms with Crippen LogP contribution in [0.5, 0.6) is 0 Å². The van der Waals surface area contributed by atoms with Gasteiger partial charge in [-0.2, -0.15) is 0 Å². The number of fused-ring (bicyclic) bond motifs is 7. The monoisotopic (exact) mass is 628 g/mol. The Balaban J connectivity index is 1.28. The van der Waals surface area contributed by atoms with Crippen LogP contribution in [-0.4, -0.2) is 4.98 Å². The number of oxazole rings is 1. The minimum Gasteiger partial charge on any atom is -0.454 e. The van der Waals surface area contributed by atoms with Gasteiger partial charge in [0.05, 0.1) is 0 Å². The highest BCUT2D eigenvalue weighted by Gasteiger charge is 2.27. The Labute approximate surface area is 282 Å². The third-order valence-electron chi connectivity index (χ3n) is 9.46. The first-order chi connectivity index (χ1) is 24.3. The van der Waals surface area contributed by atoms with Gasteiger partial charge in [0.1, 0.15) is 16.8 Å². The molecule has 4 heteroatoms. The molecule has 0 unspecified atom stereocenters. The third kappa shape index (κ3) is 4.49. The zero-order valence-corrected chi connectivity index (χ0v) is 26.4. The first-order valence-corrected chi connectivity index (χ1v) is 16.5. The summed E-state index contributed by atoms with van der Waals surface area (Å²) < 4.78 is 13.5. The fraction of sp³-hybridized carbons (Fsp3) is 0. The highest BCUT2D eigenvalue weighted by molar-refractivity contribution is 6.18. The Morgan fingerprint density at radius 2 is 1.04 bits per heavy atom. The molecule has 2 heterocycles. The van der Waals surface area contributed by atoms with Crippen LogP contribution in [0.25, 0.3) is 77.2 Å². The highest BCUT2D eigenvalue weighted by atomic mass is 16.4. The predicted molar refractivity (Wildman–Crippen MR) is 202 cm³/mol. The lowest BCUT2D eigenvalue weighted by Gasteiger charge is -2.26. The van der Waals surface area contributed by atoms with Crippen molar-refractivity contribution in [2.24, 2.45) is 0 Å². The van der Waals surface area contributed by atoms with E-state index in [9.17, 15) is 0 Å². The van der Waals surface area contributed by atoms with Crippen LogP contribution in [0.4, 0.5) is 17.1 Å². The largest absolute Gasteiger partial charge is 0.454 e. The number of para-hydroxylation sites is 1. The Morgan fingerprint density at radius 1 is 0.408 bits per heavy atom. The second-order valence-corrected chi connectivity index (χ2v) is 12.4. The van der Waals surface area contributed by atoms with Gasteiger partial charge >= 0.3 is 0 Å². The van der Waals surface area contributed by atoms with Crippen molar-refractivity contribution < 1.29 is 8.83 Å². The van der Waals surface area contributed by atoms with Crippen LogP contribution in [-0.2, 0) is 0 Å². The lowest BCUT2D eigenvalue weighted by atomic mass is 10.0. The van der Waals surface area contributed by atoms with Crippen LogP contribution in [0.1, 0.15) is 0 Å². The Kier molecular flexibility index (Phi) is 6.15. The minimum atomic E-state index is 0.568. The Morgan fingerprint density at radius 3 is 1.86 bits per heavy atom. The maximum Gasteiger partial charge on any atom is 0.227 e. The van der Waals surface area contributed by atoms with Crippen molar-refractivity contribution in [3.63, 3.8) is 0 Å². The molecular weight excluding hydrogens is 601 g/mol. The molecule has 2 aromatic heterocycles. The molecule has 0 aliphatic carbocycles. The number of anilines is 3. The van der Waals surface area contributed by atoms with Gasteiger partial charge in [0, 0.05) is 27.7 Å². The number of benzene rings is 8. The Hall–Kier alpha value is -6.65. The van der Waals surface area contributed by atoms with Crippen molar-refractivity contribution in [2.45, 2.75) is 0 Å². The molecule has 0 saturated heterocycles. The normalized spacial score (nSPS) is 11.7. The maximum absolute atomic E-state index is 6.74. The minimum absolute atomic E-state index is 0.568. The van der Waals surface area contributed by atoms with E-state index in [4.69, 9.17) is 13.8 Å². The molecule has 0 amide bonds. The number of aromatic nitrogens is 1. The lowest BCUT2D eigenvalue weighted by Crippen LogP contribution is -2.10. The highest BCUT2D eigenvalue weighted by Crippen LogP contribution is 2.48. The zero-order valence-electron chi connectivity index (χ0n) is 26.4. The first-order valence-electron chi connectivity index (χ1n) is 16.5. The third-order valence-corrected chi connectivity index (χ3v) is 9.46. The van der Waals surface area contributed by atoms with Crippen LogP contribution in [0, 0.1) is 0 Å². The lowest BCUT2D eigenvalue weighted by molar-refractivity contribution is 0.618. The van der Waals surface area contributed by atoms with E-state index in [1.807, 2.05) is 54.6 Å². The molecule has 8 aromatic carbocycles. The van der Waals surface area contributed by atoms with Crippen molar-refractivity contribution in [3.8, 4) is 22.6 Å². The second kappa shape index (κ2) is 11.0. The maximum atomic E-state index is 6.74. The van der Waals surface area contributed by atoms with Gasteiger partial charge in [-0.05, 0) is 81.2 Å². The van der Waals surface area contributed by atoms with E-state index in [1.165, 1.54) is 21.7 Å². The van der Waals surface area contributed by atoms with Crippen LogP contribution in [0.3, 0.4) is 0 Å². The first kappa shape index (κ1) is 27.5. The molecule has 4 nitrogen and oxygen atoms in total. The van der Waals surface area contributed by atoms with E-state index < -0.39 is 0 Å². The molecule has 0 atom stereocenters. The summed E-state index contributed by atoms with van der Waals surface area (Å²) in [6, 6.07) is 59.1. The summed E-state index contributed by atoms with van der Waals surface area (Å²) in [5.74, 6) is 0.568. The fourth-order valence-corrected chi connectivity index (χ4v) is 7.11. The molecule has 0 saturated carbocycles. The van der Waals surface area contributed by atoms with Crippen molar-refractivity contribution >= 4 is 71.6 Å². The molecule has 0 spiro atoms. The van der Waals surface area contributed by atoms with Gasteiger partial charge in [0.15, 0.2) is 11.2 Å². The van der Waals surface area contributed by atoms with E-state index >= 15 is 0 Å². The molecule has 0 fully saturated rings. The van der Waals surface area contributed by atoms with Crippen LogP contribution < -0.4 is 4.90 Å². The molecule has 230 valence electrons. The van der Waals surface area contributed by atoms with Gasteiger partial charge in [-0.25, -0.2) is 4.98 Å². The number of hydrogen-bond donors (Lipinski definition) is 0. The average Bonchev–Trinajstić information content (AvgIpc) is 3.77. The quantitative estimate of drug-likeness (QED) is 0.178. The van der Waals surface area contributed by atoms with Crippen molar-refractivity contribution in [1.82, 2.24) is 4.98 Å². The standard InChI is InChI=1S/C45H28N2O2/c1-3-11-29(12-4-1)30-21-23-34(24-22-30)47(35-25-26-37-33(27-35)20-19-31-13-7-8-16-36(31)37)42-43-39(38-17-9-10-18-41(38)48-43)28-40-44(42)49-45(46-40)32-14-5-2-6-15-32/h1-28H. The molecule has 10 aromatic rings. The summed E-state index contributed by atoms with van der Waals surface area (Å²) in [6.45, 7) is 0. The Bertz CT molecular complexity index is 2820. The molecule has 0 radical (unpaired) electrons. The summed E-state index contributed by atoms with van der Waals surface area (Å²) >= 11 is 0. The summed E-state index contributed by atoms with van der Waals surface area (Å²) in [7, 11) is 0. The SMILES string of the molecule is c1ccc(-c2ccc(N(c3ccc4c(ccc5ccccc54)c3)c3c4oc(-c5ccccc5)nc4cc4c3oc3ccccc34)cc2)cc1. The molecule has 10 rings (SSSR count). The number of rotatable bonds is 5. The van der Waals surface area contributed by atoms with Gasteiger partial charge in [0.2, 0.25) is 5.89 Å². The number of nitrogens with zero attached hydrogens (tertiary/aromatic N) is 2. The summed E-state index contributed by atoms with van der Waals surface area (Å²) in [5.41, 5.74) is 9.01. The summed E-state index contributed by atoms with van der Waals surface area (Å²) in [6.07, 6.45) is 0. The fourth-order valence-electron chi connectivity index (χ4n) is 7.11. The van der Waals surface area contributed by atoms with Crippen molar-refractivity contribution in [3.05, 3.63) is 170 Å². The van der Waals surface area contributed by atoms with Crippen molar-refractivity contribution in [1.29, 1.82) is 0 Å². The number of hydrogen-bond acceptors (Lipinski definition) is 4. The van der Waals surface area contributed by atoms with Gasteiger partial charge < -0.3 is 13.7 Å². The summed E-state index contributed by atoms with van der Waals surface area (Å²) in [4.78, 5) is 7.31.